The van der Waals surface area contributed by atoms with Crippen molar-refractivity contribution in [3.8, 4) is 5.75 Å². The van der Waals surface area contributed by atoms with E-state index in [0.717, 1.165) is 10.3 Å². The zero-order valence-electron chi connectivity index (χ0n) is 19.9. The fourth-order valence-corrected chi connectivity index (χ4v) is 4.28. The maximum absolute atomic E-state index is 12.7. The van der Waals surface area contributed by atoms with Crippen molar-refractivity contribution in [2.45, 2.75) is 13.5 Å². The van der Waals surface area contributed by atoms with Gasteiger partial charge in [-0.2, -0.15) is 0 Å². The van der Waals surface area contributed by atoms with Crippen LogP contribution in [0.15, 0.2) is 53.7 Å². The number of anilines is 2. The van der Waals surface area contributed by atoms with Crippen LogP contribution in [0.4, 0.5) is 16.3 Å². The molecular weight excluding hydrogens is 644 g/mol. The summed E-state index contributed by atoms with van der Waals surface area (Å²) < 4.78 is 8.71. The van der Waals surface area contributed by atoms with Crippen molar-refractivity contribution in [1.29, 1.82) is 0 Å². The zero-order chi connectivity index (χ0) is 25.8. The van der Waals surface area contributed by atoms with E-state index in [1.54, 1.807) is 25.2 Å². The Morgan fingerprint density at radius 3 is 2.66 bits per heavy atom. The molecule has 0 unspecified atom stereocenters. The van der Waals surface area contributed by atoms with Crippen molar-refractivity contribution < 1.29 is 14.3 Å². The SMILES string of the molecule is Cc1nc2c(OCc3c(Cl)ccc(N(C)C(=O)CNC(=O)Nc4ccncn4)c3Cl)cccn2c1Br.Cl.Cl. The molecule has 0 saturated heterocycles. The number of urea groups is 1. The van der Waals surface area contributed by atoms with Crippen LogP contribution in [-0.2, 0) is 11.4 Å². The molecule has 38 heavy (non-hydrogen) atoms. The molecule has 0 fully saturated rings. The number of benzene rings is 1. The molecule has 0 aliphatic heterocycles. The normalized spacial score (nSPS) is 10.2. The number of aromatic nitrogens is 4. The van der Waals surface area contributed by atoms with Gasteiger partial charge >= 0.3 is 6.03 Å². The first-order valence-electron chi connectivity index (χ1n) is 10.6. The highest BCUT2D eigenvalue weighted by atomic mass is 79.9. The molecule has 0 spiro atoms. The van der Waals surface area contributed by atoms with E-state index in [4.69, 9.17) is 27.9 Å². The summed E-state index contributed by atoms with van der Waals surface area (Å²) >= 11 is 16.6. The van der Waals surface area contributed by atoms with Crippen LogP contribution < -0.4 is 20.3 Å². The Balaban J connectivity index is 0.00000253. The summed E-state index contributed by atoms with van der Waals surface area (Å²) in [6, 6.07) is 7.85. The molecule has 1 aromatic carbocycles. The van der Waals surface area contributed by atoms with Gasteiger partial charge in [0, 0.05) is 30.0 Å². The van der Waals surface area contributed by atoms with E-state index in [1.807, 2.05) is 23.6 Å². The van der Waals surface area contributed by atoms with Crippen molar-refractivity contribution in [2.75, 3.05) is 23.8 Å². The highest BCUT2D eigenvalue weighted by Crippen LogP contribution is 2.35. The summed E-state index contributed by atoms with van der Waals surface area (Å²) in [7, 11) is 1.55. The molecule has 4 aromatic rings. The Labute approximate surface area is 249 Å². The van der Waals surface area contributed by atoms with Crippen molar-refractivity contribution in [3.63, 3.8) is 0 Å². The summed E-state index contributed by atoms with van der Waals surface area (Å²) in [5.41, 5.74) is 2.39. The van der Waals surface area contributed by atoms with Gasteiger partial charge in [0.15, 0.2) is 11.4 Å². The second-order valence-electron chi connectivity index (χ2n) is 7.56. The minimum atomic E-state index is -0.582. The first-order chi connectivity index (χ1) is 17.3. The standard InChI is InChI=1S/C23H20BrCl2N7O3.2ClH/c1-13-21(24)33-9-3-4-17(22(33)30-13)36-11-14-15(25)5-6-16(20(14)26)32(2)19(34)10-28-23(35)31-18-7-8-27-12-29-18;;/h3-9,12H,10-11H2,1-2H3,(H2,27,28,29,31,35);2*1H. The van der Waals surface area contributed by atoms with Gasteiger partial charge in [-0.15, -0.1) is 24.8 Å². The maximum Gasteiger partial charge on any atom is 0.320 e. The van der Waals surface area contributed by atoms with E-state index in [-0.39, 0.29) is 43.0 Å². The largest absolute Gasteiger partial charge is 0.485 e. The highest BCUT2D eigenvalue weighted by molar-refractivity contribution is 9.10. The van der Waals surface area contributed by atoms with Gasteiger partial charge in [-0.25, -0.2) is 19.7 Å². The fraction of sp³-hybridized carbons (Fsp3) is 0.174. The molecule has 0 atom stereocenters. The van der Waals surface area contributed by atoms with Gasteiger partial charge in [0.25, 0.3) is 0 Å². The molecule has 3 amide bonds. The Bertz CT molecular complexity index is 1440. The van der Waals surface area contributed by atoms with E-state index >= 15 is 0 Å². The van der Waals surface area contributed by atoms with Crippen LogP contribution in [0.2, 0.25) is 10.0 Å². The Morgan fingerprint density at radius 1 is 1.18 bits per heavy atom. The number of carbonyl (C=O) groups excluding carboxylic acids is 2. The van der Waals surface area contributed by atoms with Gasteiger partial charge in [0.1, 0.15) is 23.4 Å². The third-order valence-electron chi connectivity index (χ3n) is 5.21. The number of rotatable bonds is 7. The number of ether oxygens (including phenoxy) is 1. The molecule has 0 bridgehead atoms. The van der Waals surface area contributed by atoms with Crippen LogP contribution in [0.3, 0.4) is 0 Å². The zero-order valence-corrected chi connectivity index (χ0v) is 24.7. The summed E-state index contributed by atoms with van der Waals surface area (Å²) in [4.78, 5) is 38.3. The summed E-state index contributed by atoms with van der Waals surface area (Å²) in [6.45, 7) is 1.67. The third kappa shape index (κ3) is 6.97. The summed E-state index contributed by atoms with van der Waals surface area (Å²) in [5, 5.41) is 5.65. The number of likely N-dealkylation sites (N-methyl/N-ethyl adjacent to an activating group) is 1. The molecule has 0 saturated carbocycles. The quantitative estimate of drug-likeness (QED) is 0.262. The summed E-state index contributed by atoms with van der Waals surface area (Å²) in [5.74, 6) is 0.459. The lowest BCUT2D eigenvalue weighted by Crippen LogP contribution is -2.40. The number of imidazole rings is 1. The molecule has 0 aliphatic rings. The smallest absolute Gasteiger partial charge is 0.320 e. The molecule has 10 nitrogen and oxygen atoms in total. The number of aryl methyl sites for hydroxylation is 1. The highest BCUT2D eigenvalue weighted by Gasteiger charge is 2.20. The number of hydrogen-bond acceptors (Lipinski definition) is 6. The van der Waals surface area contributed by atoms with Crippen molar-refractivity contribution in [1.82, 2.24) is 24.7 Å². The number of amides is 3. The number of hydrogen-bond donors (Lipinski definition) is 2. The van der Waals surface area contributed by atoms with Gasteiger partial charge < -0.3 is 15.0 Å². The van der Waals surface area contributed by atoms with Gasteiger partial charge in [0.05, 0.1) is 22.9 Å². The Kier molecular flexibility index (Phi) is 11.4. The van der Waals surface area contributed by atoms with Gasteiger partial charge in [-0.3, -0.25) is 14.5 Å². The number of halogens is 5. The molecule has 202 valence electrons. The number of carbonyl (C=O) groups is 2. The molecule has 0 aliphatic carbocycles. The number of pyridine rings is 1. The average molecular weight is 666 g/mol. The molecule has 2 N–H and O–H groups in total. The van der Waals surface area contributed by atoms with Crippen LogP contribution in [0.1, 0.15) is 11.3 Å². The number of fused-ring (bicyclic) bond motifs is 1. The summed E-state index contributed by atoms with van der Waals surface area (Å²) in [6.07, 6.45) is 4.66. The van der Waals surface area contributed by atoms with Crippen LogP contribution in [0.25, 0.3) is 5.65 Å². The maximum atomic E-state index is 12.7. The second-order valence-corrected chi connectivity index (χ2v) is 9.09. The third-order valence-corrected chi connectivity index (χ3v) is 6.94. The van der Waals surface area contributed by atoms with E-state index in [0.29, 0.717) is 33.5 Å². The van der Waals surface area contributed by atoms with E-state index in [2.05, 4.69) is 41.5 Å². The van der Waals surface area contributed by atoms with Crippen LogP contribution in [0, 0.1) is 6.92 Å². The van der Waals surface area contributed by atoms with E-state index in [1.165, 1.54) is 23.5 Å². The van der Waals surface area contributed by atoms with Gasteiger partial charge in [-0.1, -0.05) is 23.2 Å². The van der Waals surface area contributed by atoms with Crippen LogP contribution >= 0.6 is 63.9 Å². The first kappa shape index (κ1) is 31.4. The lowest BCUT2D eigenvalue weighted by Gasteiger charge is -2.21. The Hall–Kier alpha value is -2.83. The lowest BCUT2D eigenvalue weighted by molar-refractivity contribution is -0.117. The molecule has 0 radical (unpaired) electrons. The number of nitrogens with zero attached hydrogens (tertiary/aromatic N) is 5. The van der Waals surface area contributed by atoms with E-state index < -0.39 is 11.9 Å². The molecular formula is C23H22BrCl4N7O3. The molecule has 15 heteroatoms. The molecule has 3 heterocycles. The second kappa shape index (κ2) is 13.8. The van der Waals surface area contributed by atoms with Crippen molar-refractivity contribution >= 4 is 93.0 Å². The minimum absolute atomic E-state index is 0. The van der Waals surface area contributed by atoms with Crippen molar-refractivity contribution in [3.05, 3.63) is 75.0 Å². The van der Waals surface area contributed by atoms with E-state index in [9.17, 15) is 9.59 Å². The van der Waals surface area contributed by atoms with Crippen molar-refractivity contribution in [2.24, 2.45) is 0 Å². The first-order valence-corrected chi connectivity index (χ1v) is 12.1. The van der Waals surface area contributed by atoms with Crippen LogP contribution in [-0.4, -0.2) is 44.9 Å². The van der Waals surface area contributed by atoms with Gasteiger partial charge in [-0.05, 0) is 53.2 Å². The topological polar surface area (TPSA) is 114 Å². The predicted octanol–water partition coefficient (Wildman–Crippen LogP) is 5.71. The number of nitrogens with one attached hydrogen (secondary N) is 2. The minimum Gasteiger partial charge on any atom is -0.485 e. The molecule has 4 rings (SSSR count). The fourth-order valence-electron chi connectivity index (χ4n) is 3.30. The monoisotopic (exact) mass is 663 g/mol. The lowest BCUT2D eigenvalue weighted by atomic mass is 10.2. The Morgan fingerprint density at radius 2 is 1.95 bits per heavy atom. The molecule has 3 aromatic heterocycles. The van der Waals surface area contributed by atoms with Crippen LogP contribution in [0.5, 0.6) is 5.75 Å². The average Bonchev–Trinajstić information content (AvgIpc) is 3.16. The van der Waals surface area contributed by atoms with Gasteiger partial charge in [0.2, 0.25) is 5.91 Å². The predicted molar refractivity (Wildman–Crippen MR) is 155 cm³/mol.